The highest BCUT2D eigenvalue weighted by atomic mass is 16.6. The van der Waals surface area contributed by atoms with E-state index in [9.17, 15) is 54.3 Å². The number of rotatable bonds is 9. The number of benzene rings is 2. The predicted octanol–water partition coefficient (Wildman–Crippen LogP) is 4.17. The number of ether oxygens (including phenoxy) is 5. The number of hydrogen-bond donors (Lipinski definition) is 5. The highest BCUT2D eigenvalue weighted by Gasteiger charge is 2.53. The molecule has 60 heavy (non-hydrogen) atoms. The molecule has 3 atom stereocenters. The van der Waals surface area contributed by atoms with E-state index in [1.54, 1.807) is 0 Å². The van der Waals surface area contributed by atoms with Crippen molar-refractivity contribution >= 4 is 35.3 Å². The summed E-state index contributed by atoms with van der Waals surface area (Å²) in [6, 6.07) is 4.30. The molecule has 5 N–H and O–H groups in total. The summed E-state index contributed by atoms with van der Waals surface area (Å²) >= 11 is 0. The number of ketones is 3. The molecule has 0 saturated carbocycles. The van der Waals surface area contributed by atoms with Crippen molar-refractivity contribution in [1.82, 2.24) is 0 Å². The smallest absolute Gasteiger partial charge is 0.343 e. The number of aryl methyl sites for hydroxylation is 2. The molecule has 16 nitrogen and oxygen atoms in total. The number of carbonyl (C=O) groups is 6. The Morgan fingerprint density at radius 1 is 0.800 bits per heavy atom. The van der Waals surface area contributed by atoms with Crippen LogP contribution in [0.5, 0.6) is 23.0 Å². The Morgan fingerprint density at radius 3 is 1.98 bits per heavy atom. The number of aromatic hydroxyl groups is 4. The minimum absolute atomic E-state index is 0.0135. The van der Waals surface area contributed by atoms with E-state index in [0.29, 0.717) is 5.57 Å². The third-order valence-corrected chi connectivity index (χ3v) is 10.3. The van der Waals surface area contributed by atoms with E-state index in [0.717, 1.165) is 19.1 Å². The minimum atomic E-state index is -2.44. The number of phenols is 4. The summed E-state index contributed by atoms with van der Waals surface area (Å²) in [7, 11) is 0. The van der Waals surface area contributed by atoms with Crippen molar-refractivity contribution in [3.8, 4) is 23.0 Å². The van der Waals surface area contributed by atoms with Crippen molar-refractivity contribution in [2.75, 3.05) is 19.8 Å². The van der Waals surface area contributed by atoms with Gasteiger partial charge in [0.1, 0.15) is 71.6 Å². The Labute approximate surface area is 342 Å². The summed E-state index contributed by atoms with van der Waals surface area (Å²) in [5.74, 6) is -6.70. The number of esters is 3. The fourth-order valence-corrected chi connectivity index (χ4v) is 7.13. The highest BCUT2D eigenvalue weighted by molar-refractivity contribution is 6.29. The van der Waals surface area contributed by atoms with Gasteiger partial charge in [-0.05, 0) is 92.5 Å². The molecule has 2 aliphatic heterocycles. The normalized spacial score (nSPS) is 23.5. The lowest BCUT2D eigenvalue weighted by atomic mass is 9.75. The third-order valence-electron chi connectivity index (χ3n) is 10.3. The van der Waals surface area contributed by atoms with Crippen LogP contribution in [0.3, 0.4) is 0 Å². The van der Waals surface area contributed by atoms with Gasteiger partial charge < -0.3 is 49.2 Å². The molecule has 0 amide bonds. The lowest BCUT2D eigenvalue weighted by molar-refractivity contribution is -0.147. The molecule has 2 aromatic rings. The summed E-state index contributed by atoms with van der Waals surface area (Å²) in [6.45, 7) is 5.75. The van der Waals surface area contributed by atoms with Gasteiger partial charge >= 0.3 is 17.9 Å². The van der Waals surface area contributed by atoms with Gasteiger partial charge in [-0.15, -0.1) is 0 Å². The zero-order valence-corrected chi connectivity index (χ0v) is 33.0. The number of phenolic OH excluding ortho intramolecular Hbond substituents is 4. The first kappa shape index (κ1) is 42.4. The van der Waals surface area contributed by atoms with Gasteiger partial charge in [0.25, 0.3) is 0 Å². The standard InChI is InChI=1S/C44H40O16/c1-21-12-25(46)16-33(48)36(21)41(53)59-35-15-24-14-27(57-19-31(24)38(50)43(35,4)55)8-6-10-29-30-18-28(9-7-11-56-23(3)45)58-20-32(30)40(52)44(5,39(29)51)60-42(54)37-22(2)13-26(47)17-34(37)49/h6-10,12-14,16-18,35,46-49,55H,11,15,19-20H2,1-5H3/t35-,43-,44+/m1/s1. The molecule has 0 fully saturated rings. The number of allylic oxidation sites excluding steroid dienone is 7. The van der Waals surface area contributed by atoms with Crippen molar-refractivity contribution in [1.29, 1.82) is 0 Å². The van der Waals surface area contributed by atoms with Gasteiger partial charge in [0.05, 0.1) is 0 Å². The molecule has 0 saturated heterocycles. The van der Waals surface area contributed by atoms with Crippen LogP contribution in [0.4, 0.5) is 0 Å². The van der Waals surface area contributed by atoms with E-state index >= 15 is 0 Å². The Kier molecular flexibility index (Phi) is 11.5. The average Bonchev–Trinajstić information content (AvgIpc) is 3.15. The predicted molar refractivity (Wildman–Crippen MR) is 207 cm³/mol. The maximum atomic E-state index is 14.3. The summed E-state index contributed by atoms with van der Waals surface area (Å²) in [6.07, 6.45) is 8.56. The molecule has 6 rings (SSSR count). The first-order valence-electron chi connectivity index (χ1n) is 18.4. The average molecular weight is 825 g/mol. The van der Waals surface area contributed by atoms with E-state index in [1.165, 1.54) is 82.4 Å². The van der Waals surface area contributed by atoms with E-state index < -0.39 is 64.1 Å². The first-order chi connectivity index (χ1) is 28.2. The molecule has 0 spiro atoms. The molecule has 2 aromatic carbocycles. The van der Waals surface area contributed by atoms with Crippen molar-refractivity contribution < 1.29 is 78.0 Å². The molecule has 0 bridgehead atoms. The lowest BCUT2D eigenvalue weighted by Gasteiger charge is -2.38. The molecule has 2 heterocycles. The molecular weight excluding hydrogens is 784 g/mol. The molecule has 16 heteroatoms. The Morgan fingerprint density at radius 2 is 1.38 bits per heavy atom. The summed E-state index contributed by atoms with van der Waals surface area (Å²) < 4.78 is 27.6. The Balaban J connectivity index is 1.32. The van der Waals surface area contributed by atoms with Gasteiger partial charge in [-0.1, -0.05) is 12.2 Å². The SMILES string of the molecule is CC(=O)OCC=CC1=CC2=C(CO1)C(=O)[C@@](C)(OC(=O)c1c(C)cc(O)cc1O)C(=O)C2=CC=CC1=CC2=C(CO1)C(=O)[C@](C)(O)[C@H](OC(=O)c1c(C)cc(O)cc1O)C2. The van der Waals surface area contributed by atoms with Crippen LogP contribution in [-0.2, 0) is 42.9 Å². The van der Waals surface area contributed by atoms with E-state index in [1.807, 2.05) is 0 Å². The van der Waals surface area contributed by atoms with E-state index in [-0.39, 0.29) is 93.8 Å². The Bertz CT molecular complexity index is 2440. The van der Waals surface area contributed by atoms with Gasteiger partial charge in [0, 0.05) is 42.2 Å². The number of carbonyl (C=O) groups excluding carboxylic acids is 6. The van der Waals surface area contributed by atoms with Crippen LogP contribution in [0.2, 0.25) is 0 Å². The van der Waals surface area contributed by atoms with Crippen LogP contribution in [0.1, 0.15) is 59.0 Å². The van der Waals surface area contributed by atoms with Crippen LogP contribution in [0, 0.1) is 13.8 Å². The first-order valence-corrected chi connectivity index (χ1v) is 18.4. The molecule has 0 aromatic heterocycles. The molecule has 0 radical (unpaired) electrons. The largest absolute Gasteiger partial charge is 0.508 e. The summed E-state index contributed by atoms with van der Waals surface area (Å²) in [4.78, 5) is 79.6. The Hall–Kier alpha value is -7.20. The van der Waals surface area contributed by atoms with Crippen LogP contribution in [0.15, 0.2) is 106 Å². The maximum absolute atomic E-state index is 14.3. The molecule has 2 aliphatic carbocycles. The van der Waals surface area contributed by atoms with Crippen molar-refractivity contribution in [3.63, 3.8) is 0 Å². The van der Waals surface area contributed by atoms with Gasteiger partial charge in [-0.25, -0.2) is 9.59 Å². The second-order valence-corrected chi connectivity index (χ2v) is 14.7. The van der Waals surface area contributed by atoms with Gasteiger partial charge in [0.15, 0.2) is 11.4 Å². The van der Waals surface area contributed by atoms with Crippen LogP contribution >= 0.6 is 0 Å². The van der Waals surface area contributed by atoms with Crippen molar-refractivity contribution in [3.05, 3.63) is 128 Å². The van der Waals surface area contributed by atoms with Gasteiger partial charge in [-0.2, -0.15) is 0 Å². The van der Waals surface area contributed by atoms with Crippen LogP contribution in [0.25, 0.3) is 0 Å². The zero-order chi connectivity index (χ0) is 43.8. The molecule has 4 aliphatic rings. The maximum Gasteiger partial charge on any atom is 0.343 e. The number of Topliss-reactive ketones (excluding diaryl/α,β-unsaturated/α-hetero) is 3. The quantitative estimate of drug-likeness (QED) is 0.103. The lowest BCUT2D eigenvalue weighted by Crippen LogP contribution is -2.53. The molecule has 312 valence electrons. The highest BCUT2D eigenvalue weighted by Crippen LogP contribution is 2.40. The fourth-order valence-electron chi connectivity index (χ4n) is 7.13. The summed E-state index contributed by atoms with van der Waals surface area (Å²) in [5.41, 5.74) is -4.35. The minimum Gasteiger partial charge on any atom is -0.508 e. The van der Waals surface area contributed by atoms with E-state index in [4.69, 9.17) is 23.7 Å². The van der Waals surface area contributed by atoms with Gasteiger partial charge in [0.2, 0.25) is 17.2 Å². The summed E-state index contributed by atoms with van der Waals surface area (Å²) in [5, 5.41) is 51.6. The fraction of sp³-hybridized carbons (Fsp3) is 0.273. The molecular formula is C44H40O16. The van der Waals surface area contributed by atoms with Crippen LogP contribution < -0.4 is 0 Å². The topological polar surface area (TPSA) is 250 Å². The van der Waals surface area contributed by atoms with E-state index in [2.05, 4.69) is 0 Å². The second kappa shape index (κ2) is 16.2. The monoisotopic (exact) mass is 824 g/mol. The number of hydrogen-bond acceptors (Lipinski definition) is 16. The zero-order valence-electron chi connectivity index (χ0n) is 33.0. The number of aliphatic hydroxyl groups is 1. The van der Waals surface area contributed by atoms with Crippen molar-refractivity contribution in [2.24, 2.45) is 0 Å². The third kappa shape index (κ3) is 8.09. The molecule has 0 unspecified atom stereocenters. The second-order valence-electron chi connectivity index (χ2n) is 14.7. The van der Waals surface area contributed by atoms with Gasteiger partial charge in [-0.3, -0.25) is 19.2 Å². The van der Waals surface area contributed by atoms with Crippen molar-refractivity contribution in [2.45, 2.75) is 58.3 Å². The van der Waals surface area contributed by atoms with Crippen LogP contribution in [-0.4, -0.2) is 97.9 Å².